The normalized spacial score (nSPS) is 11.6. The highest BCUT2D eigenvalue weighted by molar-refractivity contribution is 6.09. The number of carbonyl (C=O) groups is 1. The average Bonchev–Trinajstić information content (AvgIpc) is 2.51. The highest BCUT2D eigenvalue weighted by atomic mass is 16.5. The van der Waals surface area contributed by atoms with E-state index in [1.807, 2.05) is 26.8 Å². The molecule has 0 N–H and O–H groups in total. The molecule has 0 saturated heterocycles. The van der Waals surface area contributed by atoms with Crippen LogP contribution in [0.3, 0.4) is 0 Å². The molecule has 0 bridgehead atoms. The van der Waals surface area contributed by atoms with Crippen molar-refractivity contribution in [2.24, 2.45) is 5.92 Å². The van der Waals surface area contributed by atoms with E-state index >= 15 is 0 Å². The predicted molar refractivity (Wildman–Crippen MR) is 87.9 cm³/mol. The van der Waals surface area contributed by atoms with Crippen molar-refractivity contribution >= 4 is 5.78 Å². The fourth-order valence-electron chi connectivity index (χ4n) is 2.21. The Kier molecular flexibility index (Phi) is 7.67. The number of ketones is 1. The largest absolute Gasteiger partial charge is 0.493 e. The maximum absolute atomic E-state index is 12.6. The van der Waals surface area contributed by atoms with E-state index < -0.39 is 0 Å². The molecule has 122 valence electrons. The zero-order valence-electron chi connectivity index (χ0n) is 14.1. The van der Waals surface area contributed by atoms with Crippen molar-refractivity contribution in [2.45, 2.75) is 27.2 Å². The van der Waals surface area contributed by atoms with Gasteiger partial charge in [-0.2, -0.15) is 0 Å². The van der Waals surface area contributed by atoms with E-state index in [9.17, 15) is 4.79 Å². The molecular formula is C18H26O4. The summed E-state index contributed by atoms with van der Waals surface area (Å²) in [6, 6.07) is 5.29. The molecule has 0 aromatic heterocycles. The third kappa shape index (κ3) is 4.88. The van der Waals surface area contributed by atoms with E-state index in [0.29, 0.717) is 30.3 Å². The number of allylic oxidation sites excluding steroid dienone is 2. The van der Waals surface area contributed by atoms with E-state index in [4.69, 9.17) is 14.2 Å². The molecule has 0 fully saturated rings. The molecule has 4 heteroatoms. The molecule has 0 aliphatic rings. The van der Waals surface area contributed by atoms with E-state index in [2.05, 4.69) is 0 Å². The quantitative estimate of drug-likeness (QED) is 0.394. The van der Waals surface area contributed by atoms with Crippen LogP contribution in [-0.2, 0) is 4.74 Å². The number of rotatable bonds is 9. The van der Waals surface area contributed by atoms with Gasteiger partial charge >= 0.3 is 0 Å². The van der Waals surface area contributed by atoms with E-state index in [-0.39, 0.29) is 11.7 Å². The molecule has 1 aromatic rings. The van der Waals surface area contributed by atoms with Crippen molar-refractivity contribution in [1.29, 1.82) is 0 Å². The number of hydrogen-bond acceptors (Lipinski definition) is 4. The molecule has 0 amide bonds. The second-order valence-electron chi connectivity index (χ2n) is 5.29. The van der Waals surface area contributed by atoms with Crippen molar-refractivity contribution in [3.63, 3.8) is 0 Å². The summed E-state index contributed by atoms with van der Waals surface area (Å²) in [4.78, 5) is 12.6. The van der Waals surface area contributed by atoms with Crippen molar-refractivity contribution in [3.8, 4) is 11.5 Å². The van der Waals surface area contributed by atoms with Gasteiger partial charge in [-0.25, -0.2) is 0 Å². The lowest BCUT2D eigenvalue weighted by Crippen LogP contribution is -2.10. The molecule has 0 atom stereocenters. The minimum Gasteiger partial charge on any atom is -0.493 e. The molecular weight excluding hydrogens is 280 g/mol. The highest BCUT2D eigenvalue weighted by Gasteiger charge is 2.17. The van der Waals surface area contributed by atoms with Crippen LogP contribution in [0.15, 0.2) is 29.8 Å². The van der Waals surface area contributed by atoms with Crippen molar-refractivity contribution in [3.05, 3.63) is 35.4 Å². The molecule has 0 radical (unpaired) electrons. The summed E-state index contributed by atoms with van der Waals surface area (Å²) in [6.07, 6.45) is 2.65. The maximum Gasteiger partial charge on any atom is 0.189 e. The van der Waals surface area contributed by atoms with Gasteiger partial charge in [0.15, 0.2) is 17.3 Å². The molecule has 22 heavy (non-hydrogen) atoms. The topological polar surface area (TPSA) is 44.8 Å². The molecule has 0 aliphatic heterocycles. The summed E-state index contributed by atoms with van der Waals surface area (Å²) in [5, 5.41) is 0. The Balaban J connectivity index is 2.96. The summed E-state index contributed by atoms with van der Waals surface area (Å²) in [7, 11) is 3.24. The van der Waals surface area contributed by atoms with Crippen LogP contribution in [0.1, 0.15) is 37.6 Å². The average molecular weight is 306 g/mol. The minimum absolute atomic E-state index is 0.0295. The number of benzene rings is 1. The van der Waals surface area contributed by atoms with Gasteiger partial charge in [-0.05, 0) is 36.6 Å². The van der Waals surface area contributed by atoms with Crippen LogP contribution in [0.5, 0.6) is 11.5 Å². The Bertz CT molecular complexity index is 518. The van der Waals surface area contributed by atoms with Crippen LogP contribution in [0.2, 0.25) is 0 Å². The van der Waals surface area contributed by atoms with Gasteiger partial charge in [0, 0.05) is 25.7 Å². The van der Waals surface area contributed by atoms with E-state index in [0.717, 1.165) is 12.0 Å². The van der Waals surface area contributed by atoms with Gasteiger partial charge in [-0.3, -0.25) is 4.79 Å². The van der Waals surface area contributed by atoms with Gasteiger partial charge in [-0.1, -0.05) is 19.9 Å². The molecule has 4 nitrogen and oxygen atoms in total. The van der Waals surface area contributed by atoms with Crippen molar-refractivity contribution in [1.82, 2.24) is 0 Å². The lowest BCUT2D eigenvalue weighted by atomic mass is 9.94. The van der Waals surface area contributed by atoms with Gasteiger partial charge in [0.1, 0.15) is 0 Å². The molecule has 0 aliphatic carbocycles. The summed E-state index contributed by atoms with van der Waals surface area (Å²) < 4.78 is 16.0. The first-order valence-electron chi connectivity index (χ1n) is 7.55. The van der Waals surface area contributed by atoms with Crippen LogP contribution in [0.25, 0.3) is 0 Å². The molecule has 1 aromatic carbocycles. The maximum atomic E-state index is 12.6. The molecule has 0 saturated carbocycles. The summed E-state index contributed by atoms with van der Waals surface area (Å²) in [5.41, 5.74) is 1.42. The predicted octanol–water partition coefficient (Wildman–Crippen LogP) is 3.90. The third-order valence-electron chi connectivity index (χ3n) is 3.37. The van der Waals surface area contributed by atoms with Gasteiger partial charge in [0.05, 0.1) is 13.7 Å². The Morgan fingerprint density at radius 3 is 2.45 bits per heavy atom. The first-order valence-corrected chi connectivity index (χ1v) is 7.55. The van der Waals surface area contributed by atoms with Gasteiger partial charge < -0.3 is 14.2 Å². The SMILES string of the molecule is C/C=C(/C(=O)c1ccc(OC)c(OCCCOC)c1)C(C)C. The summed E-state index contributed by atoms with van der Waals surface area (Å²) in [6.45, 7) is 7.07. The minimum atomic E-state index is 0.0295. The Morgan fingerprint density at radius 1 is 1.18 bits per heavy atom. The van der Waals surface area contributed by atoms with Crippen molar-refractivity contribution < 1.29 is 19.0 Å². The van der Waals surface area contributed by atoms with Crippen LogP contribution < -0.4 is 9.47 Å². The number of Topliss-reactive ketones (excluding diaryl/α,β-unsaturated/α-hetero) is 1. The first kappa shape index (κ1) is 18.2. The second-order valence-corrected chi connectivity index (χ2v) is 5.29. The number of carbonyl (C=O) groups excluding carboxylic acids is 1. The fourth-order valence-corrected chi connectivity index (χ4v) is 2.21. The van der Waals surface area contributed by atoms with Crippen LogP contribution in [0, 0.1) is 5.92 Å². The van der Waals surface area contributed by atoms with Crippen LogP contribution in [0.4, 0.5) is 0 Å². The smallest absolute Gasteiger partial charge is 0.189 e. The first-order chi connectivity index (χ1) is 10.5. The summed E-state index contributed by atoms with van der Waals surface area (Å²) >= 11 is 0. The summed E-state index contributed by atoms with van der Waals surface area (Å²) in [5.74, 6) is 1.43. The van der Waals surface area contributed by atoms with Gasteiger partial charge in [-0.15, -0.1) is 0 Å². The van der Waals surface area contributed by atoms with Crippen LogP contribution in [-0.4, -0.2) is 33.2 Å². The standard InChI is InChI=1S/C18H26O4/c1-6-15(13(2)3)18(19)14-8-9-16(21-5)17(12-14)22-11-7-10-20-4/h6,8-9,12-13H,7,10-11H2,1-5H3/b15-6+. The number of hydrogen-bond donors (Lipinski definition) is 0. The monoisotopic (exact) mass is 306 g/mol. The van der Waals surface area contributed by atoms with Crippen LogP contribution >= 0.6 is 0 Å². The molecule has 0 spiro atoms. The lowest BCUT2D eigenvalue weighted by Gasteiger charge is -2.14. The molecule has 1 rings (SSSR count). The second kappa shape index (κ2) is 9.26. The lowest BCUT2D eigenvalue weighted by molar-refractivity contribution is 0.102. The van der Waals surface area contributed by atoms with E-state index in [1.54, 1.807) is 32.4 Å². The van der Waals surface area contributed by atoms with E-state index in [1.165, 1.54) is 0 Å². The molecule has 0 heterocycles. The Labute approximate surface area is 133 Å². The third-order valence-corrected chi connectivity index (χ3v) is 3.37. The van der Waals surface area contributed by atoms with Crippen molar-refractivity contribution in [2.75, 3.05) is 27.4 Å². The number of methoxy groups -OCH3 is 2. The highest BCUT2D eigenvalue weighted by Crippen LogP contribution is 2.30. The fraction of sp³-hybridized carbons (Fsp3) is 0.500. The van der Waals surface area contributed by atoms with Gasteiger partial charge in [0.2, 0.25) is 0 Å². The zero-order chi connectivity index (χ0) is 16.5. The number of ether oxygens (including phenoxy) is 3. The zero-order valence-corrected chi connectivity index (χ0v) is 14.1. The Morgan fingerprint density at radius 2 is 1.91 bits per heavy atom. The molecule has 0 unspecified atom stereocenters. The van der Waals surface area contributed by atoms with Gasteiger partial charge in [0.25, 0.3) is 0 Å². The Hall–Kier alpha value is -1.81.